The fourth-order valence-corrected chi connectivity index (χ4v) is 4.28. The molecule has 0 aliphatic rings. The number of esters is 6. The maximum atomic E-state index is 12.7. The van der Waals surface area contributed by atoms with Crippen molar-refractivity contribution in [3.63, 3.8) is 0 Å². The van der Waals surface area contributed by atoms with Gasteiger partial charge in [-0.05, 0) is 67.2 Å². The van der Waals surface area contributed by atoms with E-state index in [4.69, 9.17) is 84.5 Å². The highest BCUT2D eigenvalue weighted by Crippen LogP contribution is 2.23. The molecule has 0 heterocycles. The molecule has 0 aromatic heterocycles. The molecule has 69 heavy (non-hydrogen) atoms. The van der Waals surface area contributed by atoms with Crippen molar-refractivity contribution in [2.24, 2.45) is 33.8 Å². The van der Waals surface area contributed by atoms with Crippen LogP contribution in [0.5, 0.6) is 0 Å². The molecule has 6 atom stereocenters. The van der Waals surface area contributed by atoms with Gasteiger partial charge in [-0.1, -0.05) is 0 Å². The Morgan fingerprint density at radius 1 is 0.464 bits per heavy atom. The lowest BCUT2D eigenvalue weighted by molar-refractivity contribution is -0.460. The quantitative estimate of drug-likeness (QED) is 0.0107. The number of nitrogens with one attached hydrogen (secondary N) is 2. The van der Waals surface area contributed by atoms with Crippen LogP contribution in [0.2, 0.25) is 0 Å². The number of aliphatic hydroxyl groups is 1. The van der Waals surface area contributed by atoms with E-state index in [0.29, 0.717) is 38.8 Å². The predicted octanol–water partition coefficient (Wildman–Crippen LogP) is -4.70. The first kappa shape index (κ1) is 64.8. The van der Waals surface area contributed by atoms with Crippen LogP contribution in [-0.4, -0.2) is 190 Å². The van der Waals surface area contributed by atoms with Crippen LogP contribution in [0.15, 0.2) is 0 Å². The molecule has 28 nitrogen and oxygen atoms in total. The number of carbonyl (C=O) groups is 8. The Hall–Kier alpha value is -6.26. The van der Waals surface area contributed by atoms with Crippen LogP contribution in [0.1, 0.15) is 67.2 Å². The molecule has 0 fully saturated rings. The minimum atomic E-state index is -1.59. The van der Waals surface area contributed by atoms with Gasteiger partial charge in [0, 0.05) is 21.3 Å². The molecular weight excluding hydrogens is 928 g/mol. The van der Waals surface area contributed by atoms with Crippen LogP contribution in [0.4, 0.5) is 9.59 Å². The van der Waals surface area contributed by atoms with Crippen LogP contribution in [0, 0.1) is 10.8 Å². The summed E-state index contributed by atoms with van der Waals surface area (Å²) in [6.07, 6.45) is -4.82. The summed E-state index contributed by atoms with van der Waals surface area (Å²) in [6, 6.07) is 0. The molecule has 0 rings (SSSR count). The minimum absolute atomic E-state index is 0.0369. The Morgan fingerprint density at radius 3 is 1.16 bits per heavy atom. The van der Waals surface area contributed by atoms with Crippen molar-refractivity contribution in [3.8, 4) is 0 Å². The Bertz CT molecular complexity index is 1640. The van der Waals surface area contributed by atoms with Crippen LogP contribution in [0.25, 0.3) is 0 Å². The molecule has 2 unspecified atom stereocenters. The summed E-state index contributed by atoms with van der Waals surface area (Å²) in [7, 11) is 4.17. The van der Waals surface area contributed by atoms with Crippen molar-refractivity contribution in [1.82, 2.24) is 0 Å². The predicted molar refractivity (Wildman–Crippen MR) is 235 cm³/mol. The number of carbonyl (C=O) groups excluding carboxylic acids is 8. The van der Waals surface area contributed by atoms with Gasteiger partial charge in [0.2, 0.25) is 0 Å². The summed E-state index contributed by atoms with van der Waals surface area (Å²) in [5, 5.41) is 9.17. The standard InChI is InChI=1S/C21H37N3O11.C20H35N3O11/c1-14(30-5)17(26)35-15(2)16(25)33-12-21(3,13-34-20(28)32-11-10-29-4)18(27)31-9-7-6-8-24-19(22)23;1-13(24)15(25)34-14(2)16(26)32-11-20(3,12-33-19(28)31-10-9-29-4)17(27)30-8-6-5-7-23-18(21)22/h14-15H,6-13H2,1-5H3,(H4,22,23,24);13-14,24H,5-12H2,1-4H3,(H4,21,22,23)/p+2/t14-,15-,21?;13-,14-,20?/m10/s1. The molecule has 0 aliphatic carbocycles. The zero-order valence-corrected chi connectivity index (χ0v) is 41.0. The molecule has 0 bridgehead atoms. The van der Waals surface area contributed by atoms with E-state index in [1.165, 1.54) is 62.9 Å². The van der Waals surface area contributed by atoms with E-state index >= 15 is 0 Å². The Balaban J connectivity index is 0. The normalized spacial score (nSPS) is 14.0. The second-order valence-electron chi connectivity index (χ2n) is 15.3. The Morgan fingerprint density at radius 2 is 0.826 bits per heavy atom. The van der Waals surface area contributed by atoms with Gasteiger partial charge in [-0.25, -0.2) is 28.8 Å². The summed E-state index contributed by atoms with van der Waals surface area (Å²) >= 11 is 0. The lowest BCUT2D eigenvalue weighted by Gasteiger charge is -2.27. The number of rotatable bonds is 33. The summed E-state index contributed by atoms with van der Waals surface area (Å²) < 4.78 is 64.3. The van der Waals surface area contributed by atoms with Crippen LogP contribution in [0.3, 0.4) is 0 Å². The van der Waals surface area contributed by atoms with E-state index in [0.717, 1.165) is 0 Å². The van der Waals surface area contributed by atoms with Crippen molar-refractivity contribution in [2.45, 2.75) is 91.6 Å². The Kier molecular flexibility index (Phi) is 34.5. The molecule has 0 spiro atoms. The average Bonchev–Trinajstić information content (AvgIpc) is 3.30. The lowest BCUT2D eigenvalue weighted by Crippen LogP contribution is -2.78. The van der Waals surface area contributed by atoms with Gasteiger partial charge in [-0.3, -0.25) is 42.5 Å². The van der Waals surface area contributed by atoms with Gasteiger partial charge in [0.1, 0.15) is 56.6 Å². The Labute approximate surface area is 400 Å². The monoisotopic (exact) mass is 1000 g/mol. The molecule has 28 heteroatoms. The fourth-order valence-electron chi connectivity index (χ4n) is 4.28. The second kappa shape index (κ2) is 36.7. The van der Waals surface area contributed by atoms with Gasteiger partial charge >= 0.3 is 60.0 Å². The maximum Gasteiger partial charge on any atom is 0.508 e. The van der Waals surface area contributed by atoms with E-state index < -0.39 is 110 Å². The highest BCUT2D eigenvalue weighted by atomic mass is 16.7. The van der Waals surface area contributed by atoms with Gasteiger partial charge in [-0.15, -0.1) is 0 Å². The zero-order valence-electron chi connectivity index (χ0n) is 41.0. The van der Waals surface area contributed by atoms with Crippen molar-refractivity contribution in [3.05, 3.63) is 0 Å². The summed E-state index contributed by atoms with van der Waals surface area (Å²) in [5.74, 6) is -5.07. The summed E-state index contributed by atoms with van der Waals surface area (Å²) in [4.78, 5) is 102. The number of aliphatic hydroxyl groups excluding tert-OH is 1. The van der Waals surface area contributed by atoms with Crippen LogP contribution < -0.4 is 32.9 Å². The van der Waals surface area contributed by atoms with Gasteiger partial charge in [0.25, 0.3) is 0 Å². The van der Waals surface area contributed by atoms with Crippen molar-refractivity contribution in [1.29, 1.82) is 0 Å². The third-order valence-electron chi connectivity index (χ3n) is 8.63. The number of nitrogens with two attached hydrogens (primary N) is 4. The molecule has 0 amide bonds. The number of hydrogen-bond acceptors (Lipinski definition) is 22. The number of hydrogen-bond donors (Lipinski definition) is 7. The molecule has 398 valence electrons. The maximum absolute atomic E-state index is 12.7. The molecule has 0 aromatic rings. The van der Waals surface area contributed by atoms with Gasteiger partial charge in [0.05, 0.1) is 39.5 Å². The SMILES string of the molecule is COCCOC(=O)OCC(C)(COC(=O)[C@@H](C)OC(=O)[C@@H](C)OC)C(=O)OCCCC[NH+]=C(N)N.COCCOC(=O)OCC(C)(COC(=O)[C@H](C)OC(=O)[C@H](C)O)C(=O)OCCCC[NH+]=C(N)N. The first-order valence-corrected chi connectivity index (χ1v) is 21.5. The van der Waals surface area contributed by atoms with E-state index in [1.54, 1.807) is 0 Å². The first-order chi connectivity index (χ1) is 32.4. The fraction of sp³-hybridized carbons (Fsp3) is 0.756. The third-order valence-corrected chi connectivity index (χ3v) is 8.63. The molecule has 11 N–H and O–H groups in total. The number of methoxy groups -OCH3 is 3. The van der Waals surface area contributed by atoms with E-state index in [2.05, 4.69) is 9.98 Å². The van der Waals surface area contributed by atoms with Crippen LogP contribution in [-0.2, 0) is 90.3 Å². The zero-order chi connectivity index (χ0) is 53.0. The van der Waals surface area contributed by atoms with E-state index in [-0.39, 0.29) is 51.6 Å². The van der Waals surface area contributed by atoms with Crippen molar-refractivity contribution >= 4 is 60.0 Å². The van der Waals surface area contributed by atoms with Crippen molar-refractivity contribution in [2.75, 3.05) is 100 Å². The minimum Gasteiger partial charge on any atom is -0.465 e. The molecule has 0 saturated heterocycles. The molecule has 0 saturated carbocycles. The molecule has 0 aliphatic heterocycles. The number of unbranched alkanes of at least 4 members (excludes halogenated alkanes) is 2. The highest BCUT2D eigenvalue weighted by Gasteiger charge is 2.41. The molecule has 0 aromatic carbocycles. The lowest BCUT2D eigenvalue weighted by atomic mass is 9.93. The van der Waals surface area contributed by atoms with E-state index in [9.17, 15) is 43.5 Å². The van der Waals surface area contributed by atoms with E-state index in [1.807, 2.05) is 0 Å². The van der Waals surface area contributed by atoms with Gasteiger partial charge < -0.3 is 66.7 Å². The first-order valence-electron chi connectivity index (χ1n) is 21.5. The topological polar surface area (TPSA) is 409 Å². The highest BCUT2D eigenvalue weighted by molar-refractivity contribution is 5.83. The average molecular weight is 1000 g/mol. The summed E-state index contributed by atoms with van der Waals surface area (Å²) in [6.45, 7) is 7.10. The second-order valence-corrected chi connectivity index (χ2v) is 15.3. The number of guanidine groups is 2. The third kappa shape index (κ3) is 31.4. The smallest absolute Gasteiger partial charge is 0.465 e. The largest absolute Gasteiger partial charge is 0.508 e. The van der Waals surface area contributed by atoms with Gasteiger partial charge in [-0.2, -0.15) is 0 Å². The van der Waals surface area contributed by atoms with Crippen LogP contribution >= 0.6 is 0 Å². The number of ether oxygens (including phenoxy) is 13. The van der Waals surface area contributed by atoms with Crippen molar-refractivity contribution < 1.29 is 115 Å². The molecule has 0 radical (unpaired) electrons. The van der Waals surface area contributed by atoms with Gasteiger partial charge in [0.15, 0.2) is 18.3 Å². The summed E-state index contributed by atoms with van der Waals surface area (Å²) in [5.41, 5.74) is 18.0. The molecular formula is C41H74N6O22+2.